The van der Waals surface area contributed by atoms with E-state index >= 15 is 0 Å². The lowest BCUT2D eigenvalue weighted by molar-refractivity contribution is 0.377. The molecule has 0 aliphatic carbocycles. The van der Waals surface area contributed by atoms with Gasteiger partial charge < -0.3 is 26.0 Å². The zero-order valence-corrected chi connectivity index (χ0v) is 21.7. The summed E-state index contributed by atoms with van der Waals surface area (Å²) < 4.78 is 13.6. The van der Waals surface area contributed by atoms with Crippen molar-refractivity contribution in [3.05, 3.63) is 27.3 Å². The summed E-state index contributed by atoms with van der Waals surface area (Å²) in [5.74, 6) is 2.15. The Morgan fingerprint density at radius 3 is 2.54 bits per heavy atom. The van der Waals surface area contributed by atoms with Gasteiger partial charge in [0, 0.05) is 35.8 Å². The van der Waals surface area contributed by atoms with Crippen molar-refractivity contribution in [3.8, 4) is 18.1 Å². The van der Waals surface area contributed by atoms with Crippen LogP contribution in [-0.4, -0.2) is 45.5 Å². The van der Waals surface area contributed by atoms with Crippen molar-refractivity contribution in [3.63, 3.8) is 0 Å². The molecule has 0 bridgehead atoms. The topological polar surface area (TPSA) is 167 Å². The average molecular weight is 527 g/mol. The maximum atomic E-state index is 10.2. The van der Waals surface area contributed by atoms with Gasteiger partial charge in [-0.05, 0) is 13.8 Å². The second kappa shape index (κ2) is 8.71. The van der Waals surface area contributed by atoms with E-state index in [0.29, 0.717) is 58.9 Å². The largest absolute Gasteiger partial charge is 0.467 e. The Morgan fingerprint density at radius 1 is 1.20 bits per heavy atom. The maximum Gasteiger partial charge on any atom is 0.320 e. The van der Waals surface area contributed by atoms with Crippen LogP contribution >= 0.6 is 34.8 Å². The molecule has 3 aromatic rings. The van der Waals surface area contributed by atoms with Crippen molar-refractivity contribution in [1.29, 1.82) is 10.5 Å². The molecule has 4 N–H and O–H groups in total. The monoisotopic (exact) mass is 526 g/mol. The van der Waals surface area contributed by atoms with Crippen LogP contribution in [0.1, 0.15) is 47.2 Å². The zero-order valence-electron chi connectivity index (χ0n) is 19.3. The Hall–Kier alpha value is -3.33. The summed E-state index contributed by atoms with van der Waals surface area (Å²) in [7, 11) is 1.50. The van der Waals surface area contributed by atoms with E-state index in [1.807, 2.05) is 35.4 Å². The number of methoxy groups -OCH3 is 1. The lowest BCUT2D eigenvalue weighted by atomic mass is 9.88. The number of nitrogens with two attached hydrogens (primary N) is 2. The molecule has 5 heterocycles. The molecule has 1 fully saturated rings. The molecule has 35 heavy (non-hydrogen) atoms. The number of fused-ring (bicyclic) bond motifs is 2. The highest BCUT2D eigenvalue weighted by Crippen LogP contribution is 2.58. The second-order valence-corrected chi connectivity index (χ2v) is 11.3. The molecular formula is C21H22N10OS3. The summed E-state index contributed by atoms with van der Waals surface area (Å²) in [6.45, 7) is 5.69. The molecule has 1 unspecified atom stereocenters. The van der Waals surface area contributed by atoms with E-state index in [1.165, 1.54) is 18.4 Å². The molecule has 1 atom stereocenters. The third-order valence-corrected chi connectivity index (χ3v) is 9.62. The van der Waals surface area contributed by atoms with Crippen molar-refractivity contribution in [1.82, 2.24) is 18.7 Å². The molecule has 0 aromatic carbocycles. The average Bonchev–Trinajstić information content (AvgIpc) is 3.51. The molecule has 1 spiro atoms. The van der Waals surface area contributed by atoms with Gasteiger partial charge in [0.25, 0.3) is 0 Å². The van der Waals surface area contributed by atoms with E-state index in [1.54, 1.807) is 0 Å². The SMILES string of the molecule is CCN(c1nc(OC)nc(N2CC3(C2)SCc2sc(N)c(C#N)c23)c1C#N)C(C)c1nsnc1N. The molecule has 0 amide bonds. The van der Waals surface area contributed by atoms with Gasteiger partial charge in [0.1, 0.15) is 28.4 Å². The van der Waals surface area contributed by atoms with Crippen LogP contribution in [0.2, 0.25) is 0 Å². The number of nitrogen functional groups attached to an aromatic ring is 2. The molecule has 2 aliphatic heterocycles. The Morgan fingerprint density at radius 2 is 1.94 bits per heavy atom. The quantitative estimate of drug-likeness (QED) is 0.483. The second-order valence-electron chi connectivity index (χ2n) is 8.23. The molecule has 11 nitrogen and oxygen atoms in total. The molecule has 180 valence electrons. The summed E-state index contributed by atoms with van der Waals surface area (Å²) in [4.78, 5) is 14.3. The van der Waals surface area contributed by atoms with Crippen molar-refractivity contribution in [2.24, 2.45) is 0 Å². The Kier molecular flexibility index (Phi) is 5.83. The van der Waals surface area contributed by atoms with Crippen molar-refractivity contribution in [2.75, 3.05) is 48.0 Å². The van der Waals surface area contributed by atoms with Gasteiger partial charge in [-0.1, -0.05) is 0 Å². The van der Waals surface area contributed by atoms with E-state index in [9.17, 15) is 10.5 Å². The fourth-order valence-corrected chi connectivity index (χ4v) is 8.09. The lowest BCUT2D eigenvalue weighted by Gasteiger charge is -2.48. The smallest absolute Gasteiger partial charge is 0.320 e. The number of rotatable bonds is 6. The molecule has 3 aromatic heterocycles. The van der Waals surface area contributed by atoms with Gasteiger partial charge in [0.05, 0.1) is 35.2 Å². The lowest BCUT2D eigenvalue weighted by Crippen LogP contribution is -2.57. The standard InChI is InChI=1S/C21H22N10OS3/c1-4-31(10(2)15-16(24)29-35-28-15)19-12(6-23)18(26-20(27-19)32-3)30-8-21(9-30)14-11(5-22)17(25)34-13(14)7-33-21/h10H,4,7-9,25H2,1-3H3,(H2,24,29). The minimum atomic E-state index is -0.263. The molecule has 2 aliphatic rings. The predicted molar refractivity (Wildman–Crippen MR) is 138 cm³/mol. The maximum absolute atomic E-state index is 10.2. The summed E-state index contributed by atoms with van der Waals surface area (Å²) in [5.41, 5.74) is 14.7. The van der Waals surface area contributed by atoms with Crippen LogP contribution in [0.3, 0.4) is 0 Å². The number of hydrogen-bond donors (Lipinski definition) is 2. The van der Waals surface area contributed by atoms with Crippen LogP contribution in [0.4, 0.5) is 22.5 Å². The highest BCUT2D eigenvalue weighted by atomic mass is 32.2. The number of aromatic nitrogens is 4. The number of ether oxygens (including phenoxy) is 1. The summed E-state index contributed by atoms with van der Waals surface area (Å²) in [6.07, 6.45) is 0. The number of hydrogen-bond acceptors (Lipinski definition) is 14. The highest BCUT2D eigenvalue weighted by molar-refractivity contribution is 8.00. The first-order chi connectivity index (χ1) is 16.9. The minimum absolute atomic E-state index is 0.169. The number of thiophene rings is 1. The Bertz CT molecular complexity index is 1380. The summed E-state index contributed by atoms with van der Waals surface area (Å²) in [6, 6.07) is 4.50. The molecular weight excluding hydrogens is 505 g/mol. The normalized spacial score (nSPS) is 16.3. The van der Waals surface area contributed by atoms with Crippen LogP contribution in [-0.2, 0) is 10.5 Å². The van der Waals surface area contributed by atoms with E-state index in [4.69, 9.17) is 16.2 Å². The number of thioether (sulfide) groups is 1. The van der Waals surface area contributed by atoms with Crippen LogP contribution in [0, 0.1) is 22.7 Å². The first-order valence-electron chi connectivity index (χ1n) is 10.8. The van der Waals surface area contributed by atoms with Gasteiger partial charge in [0.2, 0.25) is 0 Å². The zero-order chi connectivity index (χ0) is 24.9. The minimum Gasteiger partial charge on any atom is -0.467 e. The van der Waals surface area contributed by atoms with E-state index in [2.05, 4.69) is 30.9 Å². The van der Waals surface area contributed by atoms with Crippen LogP contribution < -0.4 is 26.0 Å². The molecule has 1 saturated heterocycles. The van der Waals surface area contributed by atoms with Gasteiger partial charge >= 0.3 is 6.01 Å². The molecule has 14 heteroatoms. The molecule has 0 saturated carbocycles. The highest BCUT2D eigenvalue weighted by Gasteiger charge is 2.53. The molecule has 0 radical (unpaired) electrons. The van der Waals surface area contributed by atoms with Crippen molar-refractivity contribution >= 4 is 57.3 Å². The van der Waals surface area contributed by atoms with E-state index in [0.717, 1.165) is 27.9 Å². The number of nitrogens with zero attached hydrogens (tertiary/aromatic N) is 8. The van der Waals surface area contributed by atoms with E-state index in [-0.39, 0.29) is 16.8 Å². The van der Waals surface area contributed by atoms with Crippen molar-refractivity contribution < 1.29 is 4.74 Å². The first kappa shape index (κ1) is 23.4. The Labute approximate surface area is 214 Å². The molecule has 5 rings (SSSR count). The van der Waals surface area contributed by atoms with Gasteiger partial charge in [-0.25, -0.2) is 0 Å². The fraction of sp³-hybridized carbons (Fsp3) is 0.429. The summed E-state index contributed by atoms with van der Waals surface area (Å²) in [5, 5.41) is 20.5. The van der Waals surface area contributed by atoms with Gasteiger partial charge in [0.15, 0.2) is 17.5 Å². The van der Waals surface area contributed by atoms with Crippen molar-refractivity contribution in [2.45, 2.75) is 30.4 Å². The number of anilines is 4. The van der Waals surface area contributed by atoms with Crippen LogP contribution in [0.25, 0.3) is 0 Å². The van der Waals surface area contributed by atoms with Gasteiger partial charge in [-0.15, -0.1) is 23.1 Å². The third kappa shape index (κ3) is 3.52. The number of nitriles is 2. The van der Waals surface area contributed by atoms with Gasteiger partial charge in [-0.2, -0.15) is 29.2 Å². The van der Waals surface area contributed by atoms with Gasteiger partial charge in [-0.3, -0.25) is 0 Å². The predicted octanol–water partition coefficient (Wildman–Crippen LogP) is 2.86. The first-order valence-corrected chi connectivity index (χ1v) is 13.3. The fourth-order valence-electron chi connectivity index (χ4n) is 4.73. The van der Waals surface area contributed by atoms with E-state index < -0.39 is 0 Å². The summed E-state index contributed by atoms with van der Waals surface area (Å²) >= 11 is 4.36. The Balaban J connectivity index is 1.53. The van der Waals surface area contributed by atoms with Crippen LogP contribution in [0.15, 0.2) is 0 Å². The third-order valence-electron chi connectivity index (χ3n) is 6.41. The van der Waals surface area contributed by atoms with Crippen LogP contribution in [0.5, 0.6) is 6.01 Å².